The molecular formula is C25H33N5O2. The highest BCUT2D eigenvalue weighted by molar-refractivity contribution is 5.67. The number of alkyl carbamates (subject to hydrolysis) is 1. The molecule has 1 N–H and O–H groups in total. The summed E-state index contributed by atoms with van der Waals surface area (Å²) in [7, 11) is 0. The van der Waals surface area contributed by atoms with Crippen molar-refractivity contribution in [2.45, 2.75) is 64.6 Å². The molecule has 1 amide bonds. The lowest BCUT2D eigenvalue weighted by Gasteiger charge is -2.34. The number of aromatic nitrogens is 3. The molecule has 0 aliphatic heterocycles. The van der Waals surface area contributed by atoms with Gasteiger partial charge in [0, 0.05) is 38.2 Å². The zero-order chi connectivity index (χ0) is 22.6. The third-order valence-electron chi connectivity index (χ3n) is 5.68. The maximum atomic E-state index is 12.0. The van der Waals surface area contributed by atoms with Crippen LogP contribution in [0.2, 0.25) is 0 Å². The number of rotatable bonds is 7. The topological polar surface area (TPSA) is 71.8 Å². The highest BCUT2D eigenvalue weighted by Crippen LogP contribution is 2.33. The zero-order valence-electron chi connectivity index (χ0n) is 19.3. The van der Waals surface area contributed by atoms with Crippen LogP contribution >= 0.6 is 0 Å². The molecule has 0 saturated heterocycles. The van der Waals surface area contributed by atoms with Crippen LogP contribution in [-0.4, -0.2) is 44.1 Å². The number of pyridine rings is 2. The number of carbonyl (C=O) groups is 1. The summed E-state index contributed by atoms with van der Waals surface area (Å²) in [6.45, 7) is 7.77. The largest absolute Gasteiger partial charge is 0.444 e. The summed E-state index contributed by atoms with van der Waals surface area (Å²) in [6.07, 6.45) is 9.80. The minimum absolute atomic E-state index is 0.256. The SMILES string of the molecule is CC(C)(C)OC(=O)NCCCN(Cc1cn2ccccc2n1)C1CCCc2cccnc21. The van der Waals surface area contributed by atoms with Crippen molar-refractivity contribution < 1.29 is 9.53 Å². The van der Waals surface area contributed by atoms with E-state index in [1.54, 1.807) is 0 Å². The van der Waals surface area contributed by atoms with Crippen molar-refractivity contribution in [3.05, 3.63) is 65.9 Å². The van der Waals surface area contributed by atoms with Gasteiger partial charge in [0.15, 0.2) is 0 Å². The maximum absolute atomic E-state index is 12.0. The minimum Gasteiger partial charge on any atom is -0.444 e. The molecule has 0 bridgehead atoms. The Hall–Kier alpha value is -2.93. The number of hydrogen-bond acceptors (Lipinski definition) is 5. The lowest BCUT2D eigenvalue weighted by molar-refractivity contribution is 0.0523. The van der Waals surface area contributed by atoms with Gasteiger partial charge < -0.3 is 14.5 Å². The molecule has 170 valence electrons. The maximum Gasteiger partial charge on any atom is 0.407 e. The number of aryl methyl sites for hydroxylation is 1. The second kappa shape index (κ2) is 9.69. The normalized spacial score (nSPS) is 16.2. The highest BCUT2D eigenvalue weighted by atomic mass is 16.6. The van der Waals surface area contributed by atoms with Crippen LogP contribution in [0.5, 0.6) is 0 Å². The van der Waals surface area contributed by atoms with Gasteiger partial charge in [-0.05, 0) is 70.2 Å². The van der Waals surface area contributed by atoms with Crippen LogP contribution < -0.4 is 5.32 Å². The average Bonchev–Trinajstić information content (AvgIpc) is 3.17. The molecule has 32 heavy (non-hydrogen) atoms. The molecule has 0 spiro atoms. The Bertz CT molecular complexity index is 1020. The third-order valence-corrected chi connectivity index (χ3v) is 5.68. The molecule has 0 aromatic carbocycles. The molecule has 0 saturated carbocycles. The summed E-state index contributed by atoms with van der Waals surface area (Å²) >= 11 is 0. The van der Waals surface area contributed by atoms with Gasteiger partial charge >= 0.3 is 6.09 Å². The van der Waals surface area contributed by atoms with Crippen molar-refractivity contribution in [3.8, 4) is 0 Å². The predicted octanol–water partition coefficient (Wildman–Crippen LogP) is 4.52. The first-order valence-electron chi connectivity index (χ1n) is 11.5. The summed E-state index contributed by atoms with van der Waals surface area (Å²) in [5, 5.41) is 2.88. The van der Waals surface area contributed by atoms with E-state index in [9.17, 15) is 4.79 Å². The smallest absolute Gasteiger partial charge is 0.407 e. The summed E-state index contributed by atoms with van der Waals surface area (Å²) in [5.74, 6) is 0. The molecule has 1 aliphatic carbocycles. The van der Waals surface area contributed by atoms with Gasteiger partial charge in [-0.1, -0.05) is 12.1 Å². The number of ether oxygens (including phenoxy) is 1. The average molecular weight is 436 g/mol. The van der Waals surface area contributed by atoms with E-state index in [0.29, 0.717) is 6.54 Å². The fourth-order valence-corrected chi connectivity index (χ4v) is 4.34. The van der Waals surface area contributed by atoms with Crippen LogP contribution in [0.4, 0.5) is 4.79 Å². The Morgan fingerprint density at radius 1 is 1.28 bits per heavy atom. The molecule has 0 radical (unpaired) electrons. The van der Waals surface area contributed by atoms with Gasteiger partial charge in [0.05, 0.1) is 17.4 Å². The van der Waals surface area contributed by atoms with E-state index in [2.05, 4.69) is 26.9 Å². The van der Waals surface area contributed by atoms with Crippen molar-refractivity contribution >= 4 is 11.7 Å². The van der Waals surface area contributed by atoms with Gasteiger partial charge in [0.25, 0.3) is 0 Å². The molecule has 7 nitrogen and oxygen atoms in total. The first-order chi connectivity index (χ1) is 15.4. The standard InChI is InChI=1S/C25H33N5O2/c1-25(2,3)32-24(31)27-14-8-16-29(17-20-18-30-15-5-4-12-22(30)28-20)21-11-6-9-19-10-7-13-26-23(19)21/h4-5,7,10,12-13,15,18,21H,6,8-9,11,14,16-17H2,1-3H3,(H,27,31). The molecule has 4 rings (SSSR count). The van der Waals surface area contributed by atoms with E-state index in [4.69, 9.17) is 14.7 Å². The third kappa shape index (κ3) is 5.65. The minimum atomic E-state index is -0.489. The first-order valence-corrected chi connectivity index (χ1v) is 11.5. The number of amides is 1. The molecule has 3 aromatic rings. The van der Waals surface area contributed by atoms with Gasteiger partial charge in [0.1, 0.15) is 11.2 Å². The zero-order valence-corrected chi connectivity index (χ0v) is 19.3. The molecule has 3 aromatic heterocycles. The lowest BCUT2D eigenvalue weighted by Crippen LogP contribution is -2.36. The molecule has 0 fully saturated rings. The van der Waals surface area contributed by atoms with E-state index in [-0.39, 0.29) is 12.1 Å². The summed E-state index contributed by atoms with van der Waals surface area (Å²) in [4.78, 5) is 24.0. The van der Waals surface area contributed by atoms with E-state index >= 15 is 0 Å². The molecular weight excluding hydrogens is 402 g/mol. The van der Waals surface area contributed by atoms with Crippen LogP contribution in [-0.2, 0) is 17.7 Å². The highest BCUT2D eigenvalue weighted by Gasteiger charge is 2.27. The van der Waals surface area contributed by atoms with Gasteiger partial charge in [-0.3, -0.25) is 9.88 Å². The molecule has 7 heteroatoms. The lowest BCUT2D eigenvalue weighted by atomic mass is 9.90. The van der Waals surface area contributed by atoms with Gasteiger partial charge in [-0.15, -0.1) is 0 Å². The fraction of sp³-hybridized carbons (Fsp3) is 0.480. The van der Waals surface area contributed by atoms with Crippen molar-refractivity contribution in [1.29, 1.82) is 0 Å². The van der Waals surface area contributed by atoms with E-state index in [1.165, 1.54) is 11.3 Å². The second-order valence-electron chi connectivity index (χ2n) is 9.41. The van der Waals surface area contributed by atoms with Gasteiger partial charge in [0.2, 0.25) is 0 Å². The second-order valence-corrected chi connectivity index (χ2v) is 9.41. The Balaban J connectivity index is 1.46. The van der Waals surface area contributed by atoms with Crippen LogP contribution in [0, 0.1) is 0 Å². The molecule has 1 aliphatic rings. The Morgan fingerprint density at radius 3 is 2.97 bits per heavy atom. The van der Waals surface area contributed by atoms with Crippen molar-refractivity contribution in [3.63, 3.8) is 0 Å². The molecule has 1 unspecified atom stereocenters. The molecule has 3 heterocycles. The summed E-state index contributed by atoms with van der Waals surface area (Å²) in [5.41, 5.74) is 4.03. The van der Waals surface area contributed by atoms with Crippen LogP contribution in [0.25, 0.3) is 5.65 Å². The van der Waals surface area contributed by atoms with Crippen LogP contribution in [0.1, 0.15) is 63.0 Å². The molecule has 1 atom stereocenters. The number of nitrogens with one attached hydrogen (secondary N) is 1. The number of carbonyl (C=O) groups excluding carboxylic acids is 1. The fourth-order valence-electron chi connectivity index (χ4n) is 4.34. The quantitative estimate of drug-likeness (QED) is 0.552. The van der Waals surface area contributed by atoms with Gasteiger partial charge in [-0.25, -0.2) is 9.78 Å². The van der Waals surface area contributed by atoms with E-state index in [0.717, 1.165) is 50.1 Å². The van der Waals surface area contributed by atoms with Crippen molar-refractivity contribution in [2.24, 2.45) is 0 Å². The van der Waals surface area contributed by atoms with Crippen LogP contribution in [0.15, 0.2) is 48.9 Å². The monoisotopic (exact) mass is 435 g/mol. The number of hydrogen-bond donors (Lipinski definition) is 1. The first kappa shape index (κ1) is 22.3. The summed E-state index contributed by atoms with van der Waals surface area (Å²) in [6, 6.07) is 10.5. The predicted molar refractivity (Wildman–Crippen MR) is 124 cm³/mol. The van der Waals surface area contributed by atoms with E-state index < -0.39 is 5.60 Å². The van der Waals surface area contributed by atoms with E-state index in [1.807, 2.05) is 57.4 Å². The number of nitrogens with zero attached hydrogens (tertiary/aromatic N) is 4. The number of fused-ring (bicyclic) bond motifs is 2. The van der Waals surface area contributed by atoms with Gasteiger partial charge in [-0.2, -0.15) is 0 Å². The Kier molecular flexibility index (Phi) is 6.74. The van der Waals surface area contributed by atoms with Crippen LogP contribution in [0.3, 0.4) is 0 Å². The summed E-state index contributed by atoms with van der Waals surface area (Å²) < 4.78 is 7.41. The van der Waals surface area contributed by atoms with Crippen molar-refractivity contribution in [1.82, 2.24) is 24.6 Å². The Labute approximate surface area is 189 Å². The Morgan fingerprint density at radius 2 is 2.16 bits per heavy atom. The van der Waals surface area contributed by atoms with Crippen molar-refractivity contribution in [2.75, 3.05) is 13.1 Å². The number of imidazole rings is 1.